The number of carboxylic acid groups (broad SMARTS) is 1. The zero-order valence-corrected chi connectivity index (χ0v) is 9.47. The van der Waals surface area contributed by atoms with E-state index >= 15 is 0 Å². The maximum atomic E-state index is 11.8. The van der Waals surface area contributed by atoms with Crippen LogP contribution in [0.4, 0.5) is 13.2 Å². The Morgan fingerprint density at radius 1 is 1.44 bits per heavy atom. The third-order valence-corrected chi connectivity index (χ3v) is 4.09. The van der Waals surface area contributed by atoms with Crippen molar-refractivity contribution in [3.05, 3.63) is 0 Å². The average molecular weight is 263 g/mol. The molecule has 0 aliphatic carbocycles. The minimum atomic E-state index is -4.48. The van der Waals surface area contributed by atoms with Crippen LogP contribution in [-0.4, -0.2) is 48.8 Å². The number of sulfonamides is 1. The van der Waals surface area contributed by atoms with Gasteiger partial charge in [-0.05, 0) is 6.92 Å². The zero-order chi connectivity index (χ0) is 13.1. The Labute approximate surface area is 90.9 Å². The normalized spacial score (nSPS) is 15.1. The van der Waals surface area contributed by atoms with Crippen LogP contribution >= 0.6 is 0 Å². The molecule has 0 aromatic carbocycles. The van der Waals surface area contributed by atoms with Crippen molar-refractivity contribution in [1.82, 2.24) is 4.31 Å². The Bertz CT molecular complexity index is 351. The molecule has 0 aromatic heterocycles. The number of hydrogen-bond donors (Lipinski definition) is 1. The van der Waals surface area contributed by atoms with Gasteiger partial charge < -0.3 is 5.11 Å². The lowest BCUT2D eigenvalue weighted by molar-refractivity contribution is -0.136. The number of rotatable bonds is 5. The van der Waals surface area contributed by atoms with Crippen LogP contribution in [0.1, 0.15) is 13.3 Å². The number of hydrogen-bond acceptors (Lipinski definition) is 3. The molecule has 0 aliphatic rings. The van der Waals surface area contributed by atoms with E-state index in [0.29, 0.717) is 4.31 Å². The van der Waals surface area contributed by atoms with Crippen LogP contribution in [0.2, 0.25) is 0 Å². The van der Waals surface area contributed by atoms with Crippen molar-refractivity contribution in [2.45, 2.75) is 24.8 Å². The SMILES string of the molecule is CC(C(=O)O)S(=O)(=O)N(C)CCC(F)(F)F. The average Bonchev–Trinajstić information content (AvgIpc) is 2.11. The van der Waals surface area contributed by atoms with Gasteiger partial charge >= 0.3 is 12.1 Å². The minimum absolute atomic E-state index is 0.402. The van der Waals surface area contributed by atoms with Gasteiger partial charge in [0.15, 0.2) is 5.25 Å². The first kappa shape index (κ1) is 15.2. The first-order valence-corrected chi connectivity index (χ1v) is 5.73. The molecule has 0 spiro atoms. The predicted molar refractivity (Wildman–Crippen MR) is 49.3 cm³/mol. The van der Waals surface area contributed by atoms with Crippen LogP contribution in [0.15, 0.2) is 0 Å². The summed E-state index contributed by atoms with van der Waals surface area (Å²) in [6, 6.07) is 0. The highest BCUT2D eigenvalue weighted by Crippen LogP contribution is 2.20. The molecular weight excluding hydrogens is 251 g/mol. The largest absolute Gasteiger partial charge is 0.480 e. The van der Waals surface area contributed by atoms with Crippen molar-refractivity contribution in [2.75, 3.05) is 13.6 Å². The van der Waals surface area contributed by atoms with E-state index in [-0.39, 0.29) is 0 Å². The van der Waals surface area contributed by atoms with Crippen LogP contribution in [0.25, 0.3) is 0 Å². The molecular formula is C7H12F3NO4S. The topological polar surface area (TPSA) is 74.7 Å². The number of carboxylic acids is 1. The Hall–Kier alpha value is -0.830. The van der Waals surface area contributed by atoms with E-state index in [0.717, 1.165) is 14.0 Å². The second-order valence-corrected chi connectivity index (χ2v) is 5.57. The molecule has 0 saturated carbocycles. The van der Waals surface area contributed by atoms with Crippen molar-refractivity contribution in [2.24, 2.45) is 0 Å². The second-order valence-electron chi connectivity index (χ2n) is 3.21. The lowest BCUT2D eigenvalue weighted by Crippen LogP contribution is -2.40. The summed E-state index contributed by atoms with van der Waals surface area (Å²) < 4.78 is 58.6. The molecule has 96 valence electrons. The highest BCUT2D eigenvalue weighted by molar-refractivity contribution is 7.90. The van der Waals surface area contributed by atoms with Crippen molar-refractivity contribution < 1.29 is 31.5 Å². The molecule has 0 saturated heterocycles. The van der Waals surface area contributed by atoms with Gasteiger partial charge in [0, 0.05) is 13.6 Å². The van der Waals surface area contributed by atoms with Gasteiger partial charge in [-0.15, -0.1) is 0 Å². The van der Waals surface area contributed by atoms with Gasteiger partial charge in [0.2, 0.25) is 10.0 Å². The van der Waals surface area contributed by atoms with Crippen LogP contribution in [-0.2, 0) is 14.8 Å². The van der Waals surface area contributed by atoms with E-state index in [1.807, 2.05) is 0 Å². The molecule has 0 aliphatic heterocycles. The molecule has 9 heteroatoms. The molecule has 0 aromatic rings. The van der Waals surface area contributed by atoms with Crippen LogP contribution in [0.5, 0.6) is 0 Å². The highest BCUT2D eigenvalue weighted by Gasteiger charge is 2.34. The zero-order valence-electron chi connectivity index (χ0n) is 8.65. The van der Waals surface area contributed by atoms with Gasteiger partial charge in [0.1, 0.15) is 0 Å². The van der Waals surface area contributed by atoms with Gasteiger partial charge in [0.05, 0.1) is 6.42 Å². The fraction of sp³-hybridized carbons (Fsp3) is 0.857. The summed E-state index contributed by atoms with van der Waals surface area (Å²) >= 11 is 0. The quantitative estimate of drug-likeness (QED) is 0.791. The van der Waals surface area contributed by atoms with Gasteiger partial charge in [-0.1, -0.05) is 0 Å². The minimum Gasteiger partial charge on any atom is -0.480 e. The summed E-state index contributed by atoms with van der Waals surface area (Å²) in [4.78, 5) is 10.4. The Kier molecular flexibility index (Phi) is 4.74. The maximum absolute atomic E-state index is 11.8. The third-order valence-electron chi connectivity index (χ3n) is 1.94. The van der Waals surface area contributed by atoms with E-state index < -0.39 is 40.4 Å². The molecule has 5 nitrogen and oxygen atoms in total. The Balaban J connectivity index is 4.61. The van der Waals surface area contributed by atoms with Gasteiger partial charge in [-0.25, -0.2) is 12.7 Å². The molecule has 1 atom stereocenters. The number of carbonyl (C=O) groups is 1. The summed E-state index contributed by atoms with van der Waals surface area (Å²) in [5.41, 5.74) is 0. The number of aliphatic carboxylic acids is 1. The smallest absolute Gasteiger partial charge is 0.390 e. The lowest BCUT2D eigenvalue weighted by Gasteiger charge is -2.20. The molecule has 0 heterocycles. The van der Waals surface area contributed by atoms with Crippen LogP contribution < -0.4 is 0 Å². The van der Waals surface area contributed by atoms with Crippen LogP contribution in [0.3, 0.4) is 0 Å². The van der Waals surface area contributed by atoms with Crippen LogP contribution in [0, 0.1) is 0 Å². The van der Waals surface area contributed by atoms with E-state index in [9.17, 15) is 26.4 Å². The third kappa shape index (κ3) is 4.35. The molecule has 1 N–H and O–H groups in total. The summed E-state index contributed by atoms with van der Waals surface area (Å²) in [6.45, 7) is 0.116. The predicted octanol–water partition coefficient (Wildman–Crippen LogP) is 0.673. The van der Waals surface area contributed by atoms with Gasteiger partial charge in [0.25, 0.3) is 0 Å². The maximum Gasteiger partial charge on any atom is 0.390 e. The standard InChI is InChI=1S/C7H12F3NO4S/c1-5(6(12)13)16(14,15)11(2)4-3-7(8,9)10/h5H,3-4H2,1-2H3,(H,12,13). The van der Waals surface area contributed by atoms with Gasteiger partial charge in [-0.3, -0.25) is 4.79 Å². The lowest BCUT2D eigenvalue weighted by atomic mass is 10.4. The van der Waals surface area contributed by atoms with E-state index in [1.165, 1.54) is 0 Å². The summed E-state index contributed by atoms with van der Waals surface area (Å²) in [7, 11) is -3.31. The molecule has 0 amide bonds. The molecule has 0 rings (SSSR count). The molecule has 0 radical (unpaired) electrons. The second kappa shape index (κ2) is 5.00. The Morgan fingerprint density at radius 3 is 2.19 bits per heavy atom. The first-order chi connectivity index (χ1) is 6.98. The summed E-state index contributed by atoms with van der Waals surface area (Å²) in [5.74, 6) is -1.60. The first-order valence-electron chi connectivity index (χ1n) is 4.23. The van der Waals surface area contributed by atoms with Crippen molar-refractivity contribution >= 4 is 16.0 Å². The van der Waals surface area contributed by atoms with E-state index in [2.05, 4.69) is 0 Å². The van der Waals surface area contributed by atoms with Gasteiger partial charge in [-0.2, -0.15) is 13.2 Å². The van der Waals surface area contributed by atoms with Crippen molar-refractivity contribution in [3.8, 4) is 0 Å². The van der Waals surface area contributed by atoms with Crippen molar-refractivity contribution in [3.63, 3.8) is 0 Å². The molecule has 1 unspecified atom stereocenters. The molecule has 0 bridgehead atoms. The fourth-order valence-corrected chi connectivity index (χ4v) is 1.95. The van der Waals surface area contributed by atoms with E-state index in [4.69, 9.17) is 5.11 Å². The number of nitrogens with zero attached hydrogens (tertiary/aromatic N) is 1. The molecule has 16 heavy (non-hydrogen) atoms. The monoisotopic (exact) mass is 263 g/mol. The Morgan fingerprint density at radius 2 is 1.88 bits per heavy atom. The number of alkyl halides is 3. The fourth-order valence-electron chi connectivity index (χ4n) is 0.809. The summed E-state index contributed by atoms with van der Waals surface area (Å²) in [5, 5.41) is 6.71. The molecule has 0 fully saturated rings. The summed E-state index contributed by atoms with van der Waals surface area (Å²) in [6.07, 6.45) is -5.79. The van der Waals surface area contributed by atoms with Crippen molar-refractivity contribution in [1.29, 1.82) is 0 Å². The van der Waals surface area contributed by atoms with E-state index in [1.54, 1.807) is 0 Å². The number of halogens is 3. The highest BCUT2D eigenvalue weighted by atomic mass is 32.2.